The van der Waals surface area contributed by atoms with Gasteiger partial charge in [-0.2, -0.15) is 0 Å². The van der Waals surface area contributed by atoms with Gasteiger partial charge in [0.25, 0.3) is 0 Å². The van der Waals surface area contributed by atoms with E-state index in [2.05, 4.69) is 4.98 Å². The molecule has 1 atom stereocenters. The van der Waals surface area contributed by atoms with Crippen molar-refractivity contribution >= 4 is 40.2 Å². The van der Waals surface area contributed by atoms with E-state index in [4.69, 9.17) is 23.2 Å². The summed E-state index contributed by atoms with van der Waals surface area (Å²) in [6.45, 7) is 3.91. The van der Waals surface area contributed by atoms with Crippen molar-refractivity contribution < 1.29 is 14.3 Å². The number of benzene rings is 2. The molecule has 3 rings (SSSR count). The molecule has 3 aromatic rings. The predicted octanol–water partition coefficient (Wildman–Crippen LogP) is 6.21. The largest absolute Gasteiger partial charge is 0.480 e. The van der Waals surface area contributed by atoms with E-state index in [1.54, 1.807) is 28.8 Å². The van der Waals surface area contributed by atoms with E-state index in [-0.39, 0.29) is 10.9 Å². The third-order valence-corrected chi connectivity index (χ3v) is 5.40. The number of imidazole rings is 1. The highest BCUT2D eigenvalue weighted by molar-refractivity contribution is 6.31. The molecule has 2 aromatic carbocycles. The highest BCUT2D eigenvalue weighted by Gasteiger charge is 2.32. The zero-order valence-electron chi connectivity index (χ0n) is 14.9. The molecule has 1 N–H and O–H groups in total. The first-order chi connectivity index (χ1) is 12.9. The van der Waals surface area contributed by atoms with E-state index in [1.807, 2.05) is 13.8 Å². The van der Waals surface area contributed by atoms with Crippen LogP contribution < -0.4 is 0 Å². The van der Waals surface area contributed by atoms with Gasteiger partial charge < -0.3 is 9.67 Å². The molecule has 0 radical (unpaired) electrons. The molecule has 7 heteroatoms. The highest BCUT2D eigenvalue weighted by Crippen LogP contribution is 2.36. The molecule has 0 saturated heterocycles. The zero-order valence-corrected chi connectivity index (χ0v) is 16.4. The molecule has 0 aliphatic carbocycles. The average molecular weight is 409 g/mol. The molecule has 0 bridgehead atoms. The van der Waals surface area contributed by atoms with Crippen molar-refractivity contribution in [1.29, 1.82) is 0 Å². The fourth-order valence-corrected chi connectivity index (χ4v) is 3.72. The number of fused-ring (bicyclic) bond motifs is 1. The minimum absolute atomic E-state index is 0.0695. The van der Waals surface area contributed by atoms with Crippen molar-refractivity contribution in [3.63, 3.8) is 0 Å². The minimum atomic E-state index is -0.960. The number of hydrogen-bond donors (Lipinski definition) is 1. The van der Waals surface area contributed by atoms with Crippen molar-refractivity contribution in [2.75, 3.05) is 0 Å². The average Bonchev–Trinajstić information content (AvgIpc) is 2.98. The van der Waals surface area contributed by atoms with Gasteiger partial charge in [-0.25, -0.2) is 14.2 Å². The maximum Gasteiger partial charge on any atom is 0.327 e. The van der Waals surface area contributed by atoms with Crippen LogP contribution in [0.25, 0.3) is 22.4 Å². The SMILES string of the molecule is CCC(CC)[C@@H](C(=O)O)n1c(-c2ccc(Cl)cc2)nc2cc(F)c(Cl)cc21. The van der Waals surface area contributed by atoms with Gasteiger partial charge in [-0.1, -0.05) is 49.9 Å². The number of nitrogens with zero attached hydrogens (tertiary/aromatic N) is 2. The number of rotatable bonds is 6. The molecule has 1 aromatic heterocycles. The predicted molar refractivity (Wildman–Crippen MR) is 106 cm³/mol. The molecule has 1 heterocycles. The summed E-state index contributed by atoms with van der Waals surface area (Å²) in [6, 6.07) is 8.78. The van der Waals surface area contributed by atoms with Crippen LogP contribution >= 0.6 is 23.2 Å². The van der Waals surface area contributed by atoms with Gasteiger partial charge in [-0.15, -0.1) is 0 Å². The molecule has 142 valence electrons. The van der Waals surface area contributed by atoms with Gasteiger partial charge in [0.1, 0.15) is 17.7 Å². The molecule has 0 spiro atoms. The Kier molecular flexibility index (Phi) is 5.72. The second-order valence-electron chi connectivity index (χ2n) is 6.43. The van der Waals surface area contributed by atoms with Crippen LogP contribution in [0, 0.1) is 11.7 Å². The Morgan fingerprint density at radius 3 is 2.37 bits per heavy atom. The Morgan fingerprint density at radius 2 is 1.81 bits per heavy atom. The lowest BCUT2D eigenvalue weighted by Crippen LogP contribution is -2.27. The number of carbonyl (C=O) groups is 1. The Bertz CT molecular complexity index is 982. The molecule has 4 nitrogen and oxygen atoms in total. The molecule has 0 aliphatic heterocycles. The van der Waals surface area contributed by atoms with Crippen LogP contribution in [0.15, 0.2) is 36.4 Å². The van der Waals surface area contributed by atoms with Crippen LogP contribution in [0.5, 0.6) is 0 Å². The van der Waals surface area contributed by atoms with E-state index in [0.29, 0.717) is 40.3 Å². The van der Waals surface area contributed by atoms with E-state index >= 15 is 0 Å². The van der Waals surface area contributed by atoms with Gasteiger partial charge in [0.2, 0.25) is 0 Å². The van der Waals surface area contributed by atoms with Crippen LogP contribution in [-0.2, 0) is 4.79 Å². The van der Waals surface area contributed by atoms with Gasteiger partial charge in [0.15, 0.2) is 0 Å². The van der Waals surface area contributed by atoms with Crippen LogP contribution in [0.3, 0.4) is 0 Å². The van der Waals surface area contributed by atoms with Crippen LogP contribution in [0.1, 0.15) is 32.7 Å². The lowest BCUT2D eigenvalue weighted by molar-refractivity contribution is -0.142. The summed E-state index contributed by atoms with van der Waals surface area (Å²) in [5.41, 5.74) is 1.55. The third kappa shape index (κ3) is 3.66. The fourth-order valence-electron chi connectivity index (χ4n) is 3.43. The third-order valence-electron chi connectivity index (χ3n) is 4.86. The summed E-state index contributed by atoms with van der Waals surface area (Å²) in [7, 11) is 0. The van der Waals surface area contributed by atoms with Gasteiger partial charge in [-0.05, 0) is 36.2 Å². The topological polar surface area (TPSA) is 55.1 Å². The number of carboxylic acids is 1. The van der Waals surface area contributed by atoms with Crippen molar-refractivity contribution in [2.24, 2.45) is 5.92 Å². The fraction of sp³-hybridized carbons (Fsp3) is 0.300. The van der Waals surface area contributed by atoms with Crippen molar-refractivity contribution in [1.82, 2.24) is 9.55 Å². The lowest BCUT2D eigenvalue weighted by atomic mass is 9.93. The van der Waals surface area contributed by atoms with E-state index < -0.39 is 17.8 Å². The summed E-state index contributed by atoms with van der Waals surface area (Å²) < 4.78 is 15.6. The van der Waals surface area contributed by atoms with Gasteiger partial charge in [-0.3, -0.25) is 0 Å². The monoisotopic (exact) mass is 408 g/mol. The highest BCUT2D eigenvalue weighted by atomic mass is 35.5. The molecule has 27 heavy (non-hydrogen) atoms. The maximum absolute atomic E-state index is 14.0. The molecule has 0 saturated carbocycles. The van der Waals surface area contributed by atoms with E-state index in [0.717, 1.165) is 0 Å². The maximum atomic E-state index is 14.0. The van der Waals surface area contributed by atoms with E-state index in [9.17, 15) is 14.3 Å². The normalized spacial score (nSPS) is 12.7. The summed E-state index contributed by atoms with van der Waals surface area (Å²) in [5, 5.41) is 10.5. The van der Waals surface area contributed by atoms with Crippen molar-refractivity contribution in [2.45, 2.75) is 32.7 Å². The molecule has 0 unspecified atom stereocenters. The lowest BCUT2D eigenvalue weighted by Gasteiger charge is -2.25. The van der Waals surface area contributed by atoms with Gasteiger partial charge in [0, 0.05) is 16.7 Å². The van der Waals surface area contributed by atoms with Crippen molar-refractivity contribution in [3.8, 4) is 11.4 Å². The molecule has 0 aliphatic rings. The van der Waals surface area contributed by atoms with Crippen LogP contribution in [0.2, 0.25) is 10.0 Å². The molecular weight excluding hydrogens is 390 g/mol. The Labute approximate surface area is 166 Å². The first-order valence-corrected chi connectivity index (χ1v) is 9.48. The Morgan fingerprint density at radius 1 is 1.19 bits per heavy atom. The summed E-state index contributed by atoms with van der Waals surface area (Å²) in [6.07, 6.45) is 1.37. The van der Waals surface area contributed by atoms with Crippen LogP contribution in [0.4, 0.5) is 4.39 Å². The minimum Gasteiger partial charge on any atom is -0.480 e. The molecular formula is C20H19Cl2FN2O2. The quantitative estimate of drug-likeness (QED) is 0.527. The summed E-state index contributed by atoms with van der Waals surface area (Å²) >= 11 is 12.0. The number of carboxylic acid groups (broad SMARTS) is 1. The molecule has 0 fully saturated rings. The van der Waals surface area contributed by atoms with Gasteiger partial charge >= 0.3 is 5.97 Å². The number of halogens is 3. The smallest absolute Gasteiger partial charge is 0.327 e. The van der Waals surface area contributed by atoms with Crippen molar-refractivity contribution in [3.05, 3.63) is 52.3 Å². The summed E-state index contributed by atoms with van der Waals surface area (Å²) in [4.78, 5) is 16.7. The first kappa shape index (κ1) is 19.6. The molecule has 0 amide bonds. The van der Waals surface area contributed by atoms with Gasteiger partial charge in [0.05, 0.1) is 16.1 Å². The second-order valence-corrected chi connectivity index (χ2v) is 7.27. The standard InChI is InChI=1S/C20H19Cl2FN2O2/c1-3-11(4-2)18(20(26)27)25-17-9-14(22)15(23)10-16(17)24-19(25)12-5-7-13(21)8-6-12/h5-11,18H,3-4H2,1-2H3,(H,26,27)/t18-/m0/s1. The Balaban J connectivity index is 2.35. The first-order valence-electron chi connectivity index (χ1n) is 8.73. The number of aliphatic carboxylic acids is 1. The van der Waals surface area contributed by atoms with E-state index in [1.165, 1.54) is 12.1 Å². The van der Waals surface area contributed by atoms with Crippen LogP contribution in [-0.4, -0.2) is 20.6 Å². The summed E-state index contributed by atoms with van der Waals surface area (Å²) in [5.74, 6) is -1.22. The number of hydrogen-bond acceptors (Lipinski definition) is 2. The number of aromatic nitrogens is 2. The Hall–Kier alpha value is -2.11. The second kappa shape index (κ2) is 7.87. The zero-order chi connectivity index (χ0) is 19.7.